The molecule has 24 heavy (non-hydrogen) atoms. The first-order valence-corrected chi connectivity index (χ1v) is 7.29. The van der Waals surface area contributed by atoms with Crippen LogP contribution in [0.15, 0.2) is 28.7 Å². The molecule has 0 aliphatic rings. The van der Waals surface area contributed by atoms with Crippen LogP contribution in [0.4, 0.5) is 5.69 Å². The summed E-state index contributed by atoms with van der Waals surface area (Å²) in [6.07, 6.45) is 0. The average Bonchev–Trinajstić information content (AvgIpc) is 3.00. The number of esters is 2. The molecule has 0 atom stereocenters. The Morgan fingerprint density at radius 1 is 1.04 bits per heavy atom. The molecule has 1 aromatic heterocycles. The second-order valence-corrected chi connectivity index (χ2v) is 4.75. The van der Waals surface area contributed by atoms with Crippen molar-refractivity contribution >= 4 is 17.6 Å². The maximum atomic E-state index is 12.1. The maximum absolute atomic E-state index is 12.1. The van der Waals surface area contributed by atoms with Crippen molar-refractivity contribution in [1.29, 1.82) is 0 Å². The predicted molar refractivity (Wildman–Crippen MR) is 87.5 cm³/mol. The van der Waals surface area contributed by atoms with E-state index in [2.05, 4.69) is 5.32 Å². The number of rotatable bonds is 6. The summed E-state index contributed by atoms with van der Waals surface area (Å²) in [5.74, 6) is -0.618. The highest BCUT2D eigenvalue weighted by atomic mass is 16.5. The highest BCUT2D eigenvalue weighted by molar-refractivity contribution is 6.08. The average molecular weight is 333 g/mol. The fourth-order valence-corrected chi connectivity index (χ4v) is 2.26. The summed E-state index contributed by atoms with van der Waals surface area (Å²) in [4.78, 5) is 24.1. The smallest absolute Gasteiger partial charge is 0.374 e. The molecule has 2 rings (SSSR count). The van der Waals surface area contributed by atoms with Gasteiger partial charge in [-0.05, 0) is 31.2 Å². The Morgan fingerprint density at radius 2 is 1.67 bits per heavy atom. The topological polar surface area (TPSA) is 87.0 Å². The Hall–Kier alpha value is -2.96. The monoisotopic (exact) mass is 333 g/mol. The van der Waals surface area contributed by atoms with E-state index in [1.165, 1.54) is 14.2 Å². The second-order valence-electron chi connectivity index (χ2n) is 4.75. The number of hydrogen-bond acceptors (Lipinski definition) is 7. The zero-order chi connectivity index (χ0) is 17.7. The molecule has 2 aromatic rings. The van der Waals surface area contributed by atoms with Crippen LogP contribution in [-0.2, 0) is 9.47 Å². The van der Waals surface area contributed by atoms with Gasteiger partial charge in [-0.1, -0.05) is 0 Å². The molecule has 0 amide bonds. The zero-order valence-electron chi connectivity index (χ0n) is 14.0. The second kappa shape index (κ2) is 7.54. The van der Waals surface area contributed by atoms with Crippen molar-refractivity contribution in [2.75, 3.05) is 33.2 Å². The standard InChI is InChI=1S/C17H19NO6/c1-5-18-13-12(16(19)22-3)15(17(20)23-4)24-14(13)10-6-8-11(21-2)9-7-10/h6-9,18H,5H2,1-4H3. The maximum Gasteiger partial charge on any atom is 0.374 e. The Kier molecular flexibility index (Phi) is 5.47. The van der Waals surface area contributed by atoms with Crippen LogP contribution in [0.1, 0.15) is 27.8 Å². The van der Waals surface area contributed by atoms with Gasteiger partial charge >= 0.3 is 11.9 Å². The van der Waals surface area contributed by atoms with Gasteiger partial charge in [0.1, 0.15) is 11.3 Å². The minimum atomic E-state index is -0.755. The summed E-state index contributed by atoms with van der Waals surface area (Å²) < 4.78 is 20.3. The molecule has 0 spiro atoms. The molecule has 0 radical (unpaired) electrons. The molecule has 0 saturated heterocycles. The van der Waals surface area contributed by atoms with E-state index in [-0.39, 0.29) is 11.3 Å². The van der Waals surface area contributed by atoms with Gasteiger partial charge in [0.05, 0.1) is 27.0 Å². The Balaban J connectivity index is 2.67. The third-order valence-corrected chi connectivity index (χ3v) is 3.37. The van der Waals surface area contributed by atoms with E-state index in [1.54, 1.807) is 31.4 Å². The van der Waals surface area contributed by atoms with Crippen molar-refractivity contribution < 1.29 is 28.2 Å². The summed E-state index contributed by atoms with van der Waals surface area (Å²) in [7, 11) is 4.02. The number of hydrogen-bond donors (Lipinski definition) is 1. The molecule has 0 aliphatic heterocycles. The Labute approximate surface area is 139 Å². The fourth-order valence-electron chi connectivity index (χ4n) is 2.26. The van der Waals surface area contributed by atoms with Gasteiger partial charge in [-0.25, -0.2) is 9.59 Å². The first-order valence-electron chi connectivity index (χ1n) is 7.29. The van der Waals surface area contributed by atoms with E-state index in [1.807, 2.05) is 6.92 Å². The lowest BCUT2D eigenvalue weighted by Gasteiger charge is -2.07. The van der Waals surface area contributed by atoms with Gasteiger partial charge in [-0.15, -0.1) is 0 Å². The molecule has 0 fully saturated rings. The van der Waals surface area contributed by atoms with E-state index in [0.29, 0.717) is 29.3 Å². The van der Waals surface area contributed by atoms with Gasteiger partial charge in [-0.2, -0.15) is 0 Å². The normalized spacial score (nSPS) is 10.2. The van der Waals surface area contributed by atoms with Gasteiger partial charge in [0.15, 0.2) is 5.76 Å². The number of furan rings is 1. The van der Waals surface area contributed by atoms with E-state index in [9.17, 15) is 9.59 Å². The number of ether oxygens (including phenoxy) is 3. The molecule has 7 heteroatoms. The van der Waals surface area contributed by atoms with Crippen LogP contribution in [0, 0.1) is 0 Å². The van der Waals surface area contributed by atoms with E-state index >= 15 is 0 Å². The van der Waals surface area contributed by atoms with Gasteiger partial charge in [-0.3, -0.25) is 0 Å². The molecule has 1 N–H and O–H groups in total. The number of methoxy groups -OCH3 is 3. The quantitative estimate of drug-likeness (QED) is 0.813. The van der Waals surface area contributed by atoms with Crippen LogP contribution in [0.5, 0.6) is 5.75 Å². The van der Waals surface area contributed by atoms with Crippen molar-refractivity contribution in [2.24, 2.45) is 0 Å². The minimum absolute atomic E-state index is 0.0111. The predicted octanol–water partition coefficient (Wildman–Crippen LogP) is 2.96. The molecule has 128 valence electrons. The SMILES string of the molecule is CCNc1c(-c2ccc(OC)cc2)oc(C(=O)OC)c1C(=O)OC. The van der Waals surface area contributed by atoms with Gasteiger partial charge in [0.25, 0.3) is 0 Å². The molecule has 1 heterocycles. The van der Waals surface area contributed by atoms with Gasteiger partial charge < -0.3 is 23.9 Å². The summed E-state index contributed by atoms with van der Waals surface area (Å²) in [5, 5.41) is 3.05. The van der Waals surface area contributed by atoms with Crippen LogP contribution >= 0.6 is 0 Å². The molecule has 1 aromatic carbocycles. The third-order valence-electron chi connectivity index (χ3n) is 3.37. The molecule has 7 nitrogen and oxygen atoms in total. The number of carbonyl (C=O) groups excluding carboxylic acids is 2. The van der Waals surface area contributed by atoms with Crippen molar-refractivity contribution in [3.05, 3.63) is 35.6 Å². The first kappa shape index (κ1) is 17.4. The van der Waals surface area contributed by atoms with Crippen LogP contribution in [0.25, 0.3) is 11.3 Å². The van der Waals surface area contributed by atoms with Crippen molar-refractivity contribution in [3.8, 4) is 17.1 Å². The Bertz CT molecular complexity index is 732. The summed E-state index contributed by atoms with van der Waals surface area (Å²) in [6, 6.07) is 7.04. The lowest BCUT2D eigenvalue weighted by atomic mass is 10.1. The largest absolute Gasteiger partial charge is 0.497 e. The molecule has 0 aliphatic carbocycles. The lowest BCUT2D eigenvalue weighted by Crippen LogP contribution is -2.12. The Morgan fingerprint density at radius 3 is 2.17 bits per heavy atom. The molecule has 0 saturated carbocycles. The number of carbonyl (C=O) groups is 2. The highest BCUT2D eigenvalue weighted by Gasteiger charge is 2.31. The minimum Gasteiger partial charge on any atom is -0.497 e. The van der Waals surface area contributed by atoms with Crippen LogP contribution < -0.4 is 10.1 Å². The fraction of sp³-hybridized carbons (Fsp3) is 0.294. The highest BCUT2D eigenvalue weighted by Crippen LogP contribution is 2.37. The van der Waals surface area contributed by atoms with Crippen LogP contribution in [0.2, 0.25) is 0 Å². The van der Waals surface area contributed by atoms with Crippen molar-refractivity contribution in [1.82, 2.24) is 0 Å². The summed E-state index contributed by atoms with van der Waals surface area (Å²) >= 11 is 0. The summed E-state index contributed by atoms with van der Waals surface area (Å²) in [5.41, 5.74) is 1.07. The number of anilines is 1. The number of benzene rings is 1. The van der Waals surface area contributed by atoms with E-state index in [4.69, 9.17) is 18.6 Å². The van der Waals surface area contributed by atoms with Crippen LogP contribution in [-0.4, -0.2) is 39.8 Å². The van der Waals surface area contributed by atoms with Gasteiger partial charge in [0, 0.05) is 12.1 Å². The molecular formula is C17H19NO6. The van der Waals surface area contributed by atoms with Crippen molar-refractivity contribution in [2.45, 2.75) is 6.92 Å². The van der Waals surface area contributed by atoms with Crippen molar-refractivity contribution in [3.63, 3.8) is 0 Å². The lowest BCUT2D eigenvalue weighted by molar-refractivity contribution is 0.0529. The van der Waals surface area contributed by atoms with E-state index in [0.717, 1.165) is 0 Å². The zero-order valence-corrected chi connectivity index (χ0v) is 14.0. The van der Waals surface area contributed by atoms with E-state index < -0.39 is 11.9 Å². The van der Waals surface area contributed by atoms with Gasteiger partial charge in [0.2, 0.25) is 5.76 Å². The number of nitrogens with one attached hydrogen (secondary N) is 1. The first-order chi connectivity index (χ1) is 11.6. The van der Waals surface area contributed by atoms with Crippen LogP contribution in [0.3, 0.4) is 0 Å². The molecular weight excluding hydrogens is 314 g/mol. The molecule has 0 bridgehead atoms. The molecule has 0 unspecified atom stereocenters. The third kappa shape index (κ3) is 3.19. The summed E-state index contributed by atoms with van der Waals surface area (Å²) in [6.45, 7) is 2.39.